The molecule has 2 heterocycles. The maximum atomic E-state index is 11.6. The number of hydrogen-bond acceptors (Lipinski definition) is 4. The molecule has 0 radical (unpaired) electrons. The highest BCUT2D eigenvalue weighted by Crippen LogP contribution is 2.16. The van der Waals surface area contributed by atoms with E-state index in [2.05, 4.69) is 21.2 Å². The molecule has 7 nitrogen and oxygen atoms in total. The van der Waals surface area contributed by atoms with Gasteiger partial charge in [-0.1, -0.05) is 0 Å². The summed E-state index contributed by atoms with van der Waals surface area (Å²) in [6.07, 6.45) is 0. The molecule has 102 valence electrons. The molecule has 1 aliphatic heterocycles. The minimum Gasteiger partial charge on any atom is -0.481 e. The average Bonchev–Trinajstić information content (AvgIpc) is 2.70. The van der Waals surface area contributed by atoms with E-state index in [-0.39, 0.29) is 31.3 Å². The van der Waals surface area contributed by atoms with Crippen molar-refractivity contribution >= 4 is 33.7 Å². The number of amides is 2. The van der Waals surface area contributed by atoms with E-state index in [0.717, 1.165) is 0 Å². The number of nitrogens with zero attached hydrogens (tertiary/aromatic N) is 1. The summed E-state index contributed by atoms with van der Waals surface area (Å²) in [6, 6.07) is 3.05. The van der Waals surface area contributed by atoms with Gasteiger partial charge in [0.1, 0.15) is 0 Å². The third-order valence-electron chi connectivity index (χ3n) is 2.78. The van der Waals surface area contributed by atoms with Crippen LogP contribution in [0.15, 0.2) is 21.2 Å². The van der Waals surface area contributed by atoms with Crippen LogP contribution in [0.4, 0.5) is 0 Å². The lowest BCUT2D eigenvalue weighted by molar-refractivity contribution is -0.152. The van der Waals surface area contributed by atoms with Crippen LogP contribution in [0.3, 0.4) is 0 Å². The van der Waals surface area contributed by atoms with Crippen LogP contribution in [-0.4, -0.2) is 47.4 Å². The number of nitrogens with one attached hydrogen (secondary N) is 1. The number of carbonyl (C=O) groups excluding carboxylic acids is 2. The fourth-order valence-electron chi connectivity index (χ4n) is 1.63. The zero-order chi connectivity index (χ0) is 14.0. The fourth-order valence-corrected chi connectivity index (χ4v) is 1.94. The van der Waals surface area contributed by atoms with E-state index in [4.69, 9.17) is 9.52 Å². The van der Waals surface area contributed by atoms with Gasteiger partial charge in [0.05, 0.1) is 12.5 Å². The predicted octanol–water partition coefficient (Wildman–Crippen LogP) is 0.315. The molecule has 1 saturated heterocycles. The van der Waals surface area contributed by atoms with Gasteiger partial charge < -0.3 is 19.7 Å². The number of carboxylic acid groups (broad SMARTS) is 1. The zero-order valence-electron chi connectivity index (χ0n) is 9.76. The minimum absolute atomic E-state index is 0.103. The van der Waals surface area contributed by atoms with Crippen LogP contribution in [0, 0.1) is 5.92 Å². The predicted molar refractivity (Wildman–Crippen MR) is 66.4 cm³/mol. The molecular formula is C11H11BrN2O5. The first-order valence-corrected chi connectivity index (χ1v) is 6.31. The van der Waals surface area contributed by atoms with Gasteiger partial charge in [-0.2, -0.15) is 0 Å². The Bertz CT molecular complexity index is 521. The van der Waals surface area contributed by atoms with E-state index < -0.39 is 17.8 Å². The van der Waals surface area contributed by atoms with Crippen LogP contribution in [0.25, 0.3) is 0 Å². The highest BCUT2D eigenvalue weighted by Gasteiger charge is 2.35. The van der Waals surface area contributed by atoms with Crippen LogP contribution in [0.2, 0.25) is 0 Å². The van der Waals surface area contributed by atoms with E-state index in [1.807, 2.05) is 0 Å². The lowest BCUT2D eigenvalue weighted by atomic mass is 10.0. The monoisotopic (exact) mass is 330 g/mol. The van der Waals surface area contributed by atoms with Crippen molar-refractivity contribution in [3.63, 3.8) is 0 Å². The summed E-state index contributed by atoms with van der Waals surface area (Å²) in [7, 11) is 0. The van der Waals surface area contributed by atoms with Gasteiger partial charge in [-0.3, -0.25) is 14.4 Å². The first-order chi connectivity index (χ1) is 8.97. The third kappa shape index (κ3) is 3.14. The summed E-state index contributed by atoms with van der Waals surface area (Å²) in [6.45, 7) is 0.205. The van der Waals surface area contributed by atoms with Crippen molar-refractivity contribution in [2.45, 2.75) is 0 Å². The lowest BCUT2D eigenvalue weighted by Crippen LogP contribution is -2.55. The third-order valence-corrected chi connectivity index (χ3v) is 3.21. The second-order valence-electron chi connectivity index (χ2n) is 4.12. The van der Waals surface area contributed by atoms with Crippen LogP contribution in [0.1, 0.15) is 10.6 Å². The summed E-state index contributed by atoms with van der Waals surface area (Å²) >= 11 is 3.07. The molecule has 0 atom stereocenters. The first kappa shape index (κ1) is 13.6. The smallest absolute Gasteiger partial charge is 0.310 e. The number of likely N-dealkylation sites (tertiary alicyclic amines) is 1. The van der Waals surface area contributed by atoms with E-state index >= 15 is 0 Å². The second-order valence-corrected chi connectivity index (χ2v) is 4.90. The van der Waals surface area contributed by atoms with Gasteiger partial charge in [0, 0.05) is 13.1 Å². The molecule has 1 aromatic heterocycles. The van der Waals surface area contributed by atoms with E-state index in [1.54, 1.807) is 6.07 Å². The van der Waals surface area contributed by atoms with Crippen LogP contribution in [-0.2, 0) is 9.59 Å². The molecule has 0 aromatic carbocycles. The van der Waals surface area contributed by atoms with Crippen molar-refractivity contribution in [3.8, 4) is 0 Å². The van der Waals surface area contributed by atoms with E-state index in [9.17, 15) is 14.4 Å². The minimum atomic E-state index is -0.909. The molecule has 8 heteroatoms. The highest BCUT2D eigenvalue weighted by atomic mass is 79.9. The molecule has 1 fully saturated rings. The molecule has 0 spiro atoms. The molecule has 0 saturated carbocycles. The Morgan fingerprint density at radius 2 is 2.11 bits per heavy atom. The van der Waals surface area contributed by atoms with Gasteiger partial charge in [0.25, 0.3) is 5.91 Å². The van der Waals surface area contributed by atoms with E-state index in [0.29, 0.717) is 4.67 Å². The molecule has 1 aromatic rings. The van der Waals surface area contributed by atoms with Gasteiger partial charge >= 0.3 is 5.97 Å². The quantitative estimate of drug-likeness (QED) is 0.827. The van der Waals surface area contributed by atoms with Crippen molar-refractivity contribution in [2.75, 3.05) is 19.6 Å². The van der Waals surface area contributed by atoms with E-state index in [1.165, 1.54) is 11.0 Å². The van der Waals surface area contributed by atoms with Gasteiger partial charge in [0.2, 0.25) is 5.91 Å². The summed E-state index contributed by atoms with van der Waals surface area (Å²) in [5, 5.41) is 11.1. The maximum Gasteiger partial charge on any atom is 0.310 e. The van der Waals surface area contributed by atoms with Crippen molar-refractivity contribution in [3.05, 3.63) is 22.6 Å². The SMILES string of the molecule is O=C(NCC(=O)N1CC(C(=O)O)C1)c1ccc(Br)o1. The number of halogens is 1. The van der Waals surface area contributed by atoms with Crippen molar-refractivity contribution in [1.82, 2.24) is 10.2 Å². The average molecular weight is 331 g/mol. The largest absolute Gasteiger partial charge is 0.481 e. The van der Waals surface area contributed by atoms with Crippen molar-refractivity contribution in [2.24, 2.45) is 5.92 Å². The topological polar surface area (TPSA) is 99.9 Å². The number of furan rings is 1. The number of hydrogen-bond donors (Lipinski definition) is 2. The molecule has 0 unspecified atom stereocenters. The molecule has 0 bridgehead atoms. The second kappa shape index (κ2) is 5.43. The Labute approximate surface area is 116 Å². The summed E-state index contributed by atoms with van der Waals surface area (Å²) in [5.74, 6) is -2.10. The normalized spacial score (nSPS) is 14.9. The molecular weight excluding hydrogens is 320 g/mol. The van der Waals surface area contributed by atoms with Gasteiger partial charge in [-0.15, -0.1) is 0 Å². The van der Waals surface area contributed by atoms with Gasteiger partial charge in [0.15, 0.2) is 10.4 Å². The number of aliphatic carboxylic acids is 1. The number of carbonyl (C=O) groups is 3. The zero-order valence-corrected chi connectivity index (χ0v) is 11.3. The lowest BCUT2D eigenvalue weighted by Gasteiger charge is -2.36. The number of carboxylic acids is 1. The molecule has 0 aliphatic carbocycles. The van der Waals surface area contributed by atoms with Gasteiger partial charge in [-0.25, -0.2) is 0 Å². The maximum absolute atomic E-state index is 11.6. The standard InChI is InChI=1S/C11H11BrN2O5/c12-8-2-1-7(19-8)10(16)13-3-9(15)14-4-6(5-14)11(17)18/h1-2,6H,3-5H2,(H,13,16)(H,17,18). The molecule has 19 heavy (non-hydrogen) atoms. The molecule has 2 amide bonds. The van der Waals surface area contributed by atoms with Gasteiger partial charge in [-0.05, 0) is 28.1 Å². The Balaban J connectivity index is 1.76. The molecule has 2 N–H and O–H groups in total. The van der Waals surface area contributed by atoms with Crippen LogP contribution < -0.4 is 5.32 Å². The highest BCUT2D eigenvalue weighted by molar-refractivity contribution is 9.10. The Morgan fingerprint density at radius 1 is 1.42 bits per heavy atom. The molecule has 1 aliphatic rings. The number of rotatable bonds is 4. The van der Waals surface area contributed by atoms with Crippen molar-refractivity contribution < 1.29 is 23.9 Å². The Morgan fingerprint density at radius 3 is 2.63 bits per heavy atom. The first-order valence-electron chi connectivity index (χ1n) is 5.51. The van der Waals surface area contributed by atoms with Crippen molar-refractivity contribution in [1.29, 1.82) is 0 Å². The summed E-state index contributed by atoms with van der Waals surface area (Å²) in [4.78, 5) is 35.2. The Kier molecular flexibility index (Phi) is 3.89. The fraction of sp³-hybridized carbons (Fsp3) is 0.364. The van der Waals surface area contributed by atoms with Crippen LogP contribution in [0.5, 0.6) is 0 Å². The summed E-state index contributed by atoms with van der Waals surface area (Å²) in [5.41, 5.74) is 0. The summed E-state index contributed by atoms with van der Waals surface area (Å²) < 4.78 is 5.46. The molecule has 2 rings (SSSR count). The Hall–Kier alpha value is -1.83. The van der Waals surface area contributed by atoms with Crippen LogP contribution >= 0.6 is 15.9 Å².